The van der Waals surface area contributed by atoms with Gasteiger partial charge in [-0.3, -0.25) is 0 Å². The van der Waals surface area contributed by atoms with Crippen molar-refractivity contribution >= 4 is 11.3 Å². The largest absolute Gasteiger partial charge is 0.395 e. The van der Waals surface area contributed by atoms with Gasteiger partial charge in [-0.2, -0.15) is 0 Å². The molecule has 0 radical (unpaired) electrons. The summed E-state index contributed by atoms with van der Waals surface area (Å²) in [6, 6.07) is 0.251. The summed E-state index contributed by atoms with van der Waals surface area (Å²) in [5.74, 6) is 0. The van der Waals surface area contributed by atoms with E-state index in [2.05, 4.69) is 17.2 Å². The first-order valence-electron chi connectivity index (χ1n) is 5.48. The molecule has 0 saturated carbocycles. The van der Waals surface area contributed by atoms with Crippen molar-refractivity contribution in [1.82, 2.24) is 10.3 Å². The molecule has 1 heterocycles. The van der Waals surface area contributed by atoms with Crippen LogP contribution in [0.15, 0.2) is 0 Å². The van der Waals surface area contributed by atoms with Crippen LogP contribution in [0.2, 0.25) is 0 Å². The SMILES string of the molecule is COCCc1nc(C)c(C(C)NCCO)s1. The molecule has 0 aliphatic carbocycles. The predicted octanol–water partition coefficient (Wildman–Crippen LogP) is 1.28. The zero-order valence-electron chi connectivity index (χ0n) is 10.1. The molecule has 1 aromatic rings. The fourth-order valence-electron chi connectivity index (χ4n) is 1.54. The maximum absolute atomic E-state index is 8.76. The first kappa shape index (κ1) is 13.6. The smallest absolute Gasteiger partial charge is 0.0954 e. The van der Waals surface area contributed by atoms with Gasteiger partial charge in [-0.05, 0) is 13.8 Å². The van der Waals surface area contributed by atoms with Crippen LogP contribution in [0, 0.1) is 6.92 Å². The van der Waals surface area contributed by atoms with E-state index in [0.29, 0.717) is 13.2 Å². The van der Waals surface area contributed by atoms with Crippen molar-refractivity contribution in [3.8, 4) is 0 Å². The highest BCUT2D eigenvalue weighted by Crippen LogP contribution is 2.25. The van der Waals surface area contributed by atoms with Crippen LogP contribution in [0.4, 0.5) is 0 Å². The van der Waals surface area contributed by atoms with Gasteiger partial charge in [-0.15, -0.1) is 11.3 Å². The summed E-state index contributed by atoms with van der Waals surface area (Å²) >= 11 is 1.72. The van der Waals surface area contributed by atoms with Gasteiger partial charge in [0, 0.05) is 31.0 Å². The lowest BCUT2D eigenvalue weighted by Gasteiger charge is -2.10. The Kier molecular flexibility index (Phi) is 5.90. The van der Waals surface area contributed by atoms with E-state index in [9.17, 15) is 0 Å². The Balaban J connectivity index is 2.61. The molecule has 16 heavy (non-hydrogen) atoms. The summed E-state index contributed by atoms with van der Waals surface area (Å²) in [5, 5.41) is 13.1. The average Bonchev–Trinajstić information content (AvgIpc) is 2.64. The number of ether oxygens (including phenoxy) is 1. The number of aliphatic hydroxyl groups is 1. The summed E-state index contributed by atoms with van der Waals surface area (Å²) in [5.41, 5.74) is 1.08. The van der Waals surface area contributed by atoms with Gasteiger partial charge < -0.3 is 15.2 Å². The third kappa shape index (κ3) is 3.83. The molecule has 0 saturated heterocycles. The van der Waals surface area contributed by atoms with Gasteiger partial charge in [-0.1, -0.05) is 0 Å². The second-order valence-corrected chi connectivity index (χ2v) is 4.81. The van der Waals surface area contributed by atoms with E-state index in [0.717, 1.165) is 17.1 Å². The number of aliphatic hydroxyl groups excluding tert-OH is 1. The molecule has 4 nitrogen and oxygen atoms in total. The molecule has 0 aliphatic rings. The van der Waals surface area contributed by atoms with Crippen molar-refractivity contribution in [3.63, 3.8) is 0 Å². The van der Waals surface area contributed by atoms with Gasteiger partial charge in [-0.25, -0.2) is 4.98 Å². The fourth-order valence-corrected chi connectivity index (χ4v) is 2.61. The highest BCUT2D eigenvalue weighted by Gasteiger charge is 2.13. The number of hydrogen-bond donors (Lipinski definition) is 2. The second-order valence-electron chi connectivity index (χ2n) is 3.70. The number of aromatic nitrogens is 1. The number of nitrogens with one attached hydrogen (secondary N) is 1. The van der Waals surface area contributed by atoms with E-state index in [4.69, 9.17) is 9.84 Å². The number of rotatable bonds is 7. The van der Waals surface area contributed by atoms with Crippen LogP contribution in [0.3, 0.4) is 0 Å². The van der Waals surface area contributed by atoms with Gasteiger partial charge in [0.25, 0.3) is 0 Å². The van der Waals surface area contributed by atoms with Gasteiger partial charge in [0.2, 0.25) is 0 Å². The van der Waals surface area contributed by atoms with Crippen LogP contribution in [0.5, 0.6) is 0 Å². The Labute approximate surface area is 101 Å². The lowest BCUT2D eigenvalue weighted by Crippen LogP contribution is -2.21. The number of nitrogens with zero attached hydrogens (tertiary/aromatic N) is 1. The van der Waals surface area contributed by atoms with E-state index in [-0.39, 0.29) is 12.6 Å². The van der Waals surface area contributed by atoms with Crippen LogP contribution in [0.1, 0.15) is 28.5 Å². The van der Waals surface area contributed by atoms with Crippen molar-refractivity contribution in [1.29, 1.82) is 0 Å². The monoisotopic (exact) mass is 244 g/mol. The number of hydrogen-bond acceptors (Lipinski definition) is 5. The van der Waals surface area contributed by atoms with E-state index in [1.54, 1.807) is 18.4 Å². The van der Waals surface area contributed by atoms with Crippen LogP contribution in [-0.2, 0) is 11.2 Å². The van der Waals surface area contributed by atoms with Crippen LogP contribution in [0.25, 0.3) is 0 Å². The molecule has 1 aromatic heterocycles. The minimum absolute atomic E-state index is 0.165. The first-order chi connectivity index (χ1) is 7.69. The van der Waals surface area contributed by atoms with Crippen molar-refractivity contribution < 1.29 is 9.84 Å². The number of aryl methyl sites for hydroxylation is 1. The van der Waals surface area contributed by atoms with Crippen molar-refractivity contribution in [2.45, 2.75) is 26.3 Å². The van der Waals surface area contributed by atoms with E-state index in [1.165, 1.54) is 4.88 Å². The summed E-state index contributed by atoms with van der Waals surface area (Å²) in [4.78, 5) is 5.76. The van der Waals surface area contributed by atoms with Gasteiger partial charge in [0.1, 0.15) is 0 Å². The minimum Gasteiger partial charge on any atom is -0.395 e. The lowest BCUT2D eigenvalue weighted by molar-refractivity contribution is 0.202. The topological polar surface area (TPSA) is 54.4 Å². The molecule has 0 bridgehead atoms. The summed E-state index contributed by atoms with van der Waals surface area (Å²) < 4.78 is 5.04. The Bertz CT molecular complexity index is 315. The molecule has 5 heteroatoms. The molecule has 92 valence electrons. The molecule has 0 amide bonds. The van der Waals surface area contributed by atoms with Crippen molar-refractivity contribution in [2.75, 3.05) is 26.9 Å². The third-order valence-corrected chi connectivity index (χ3v) is 3.75. The molecule has 1 rings (SSSR count). The second kappa shape index (κ2) is 6.96. The molecule has 0 aromatic carbocycles. The predicted molar refractivity (Wildman–Crippen MR) is 65.9 cm³/mol. The number of thiazole rings is 1. The molecule has 0 fully saturated rings. The van der Waals surface area contributed by atoms with Crippen molar-refractivity contribution in [2.24, 2.45) is 0 Å². The summed E-state index contributed by atoms with van der Waals surface area (Å²) in [7, 11) is 1.70. The maximum atomic E-state index is 8.76. The van der Waals surface area contributed by atoms with Crippen LogP contribution in [-0.4, -0.2) is 37.0 Å². The van der Waals surface area contributed by atoms with Crippen LogP contribution >= 0.6 is 11.3 Å². The molecule has 0 spiro atoms. The molecule has 1 atom stereocenters. The quantitative estimate of drug-likeness (QED) is 0.759. The Morgan fingerprint density at radius 2 is 2.31 bits per heavy atom. The average molecular weight is 244 g/mol. The third-order valence-electron chi connectivity index (χ3n) is 2.35. The van der Waals surface area contributed by atoms with E-state index in [1.807, 2.05) is 6.92 Å². The molecular formula is C11H20N2O2S. The molecular weight excluding hydrogens is 224 g/mol. The zero-order valence-corrected chi connectivity index (χ0v) is 10.9. The van der Waals surface area contributed by atoms with Gasteiger partial charge in [0.15, 0.2) is 0 Å². The zero-order chi connectivity index (χ0) is 12.0. The lowest BCUT2D eigenvalue weighted by atomic mass is 10.2. The Morgan fingerprint density at radius 3 is 2.94 bits per heavy atom. The Hall–Kier alpha value is -0.490. The van der Waals surface area contributed by atoms with Gasteiger partial charge in [0.05, 0.1) is 23.9 Å². The minimum atomic E-state index is 0.165. The molecule has 2 N–H and O–H groups in total. The number of methoxy groups -OCH3 is 1. The summed E-state index contributed by atoms with van der Waals surface area (Å²) in [6.07, 6.45) is 0.870. The summed E-state index contributed by atoms with van der Waals surface area (Å²) in [6.45, 7) is 5.62. The first-order valence-corrected chi connectivity index (χ1v) is 6.30. The standard InChI is InChI=1S/C11H20N2O2S/c1-8(12-5-6-14)11-9(2)13-10(16-11)4-7-15-3/h8,12,14H,4-7H2,1-3H3. The molecule has 0 aliphatic heterocycles. The van der Waals surface area contributed by atoms with Crippen molar-refractivity contribution in [3.05, 3.63) is 15.6 Å². The van der Waals surface area contributed by atoms with E-state index >= 15 is 0 Å². The molecule has 1 unspecified atom stereocenters. The normalized spacial score (nSPS) is 13.0. The Morgan fingerprint density at radius 1 is 1.56 bits per heavy atom. The van der Waals surface area contributed by atoms with Gasteiger partial charge >= 0.3 is 0 Å². The van der Waals surface area contributed by atoms with Crippen LogP contribution < -0.4 is 5.32 Å². The maximum Gasteiger partial charge on any atom is 0.0954 e. The van der Waals surface area contributed by atoms with E-state index < -0.39 is 0 Å². The highest BCUT2D eigenvalue weighted by atomic mass is 32.1. The highest BCUT2D eigenvalue weighted by molar-refractivity contribution is 7.11. The fraction of sp³-hybridized carbons (Fsp3) is 0.727.